The van der Waals surface area contributed by atoms with Crippen molar-refractivity contribution in [3.63, 3.8) is 0 Å². The van der Waals surface area contributed by atoms with Crippen LogP contribution >= 0.6 is 0 Å². The van der Waals surface area contributed by atoms with Crippen LogP contribution in [0.25, 0.3) is 0 Å². The van der Waals surface area contributed by atoms with Gasteiger partial charge in [-0.15, -0.1) is 0 Å². The number of carbonyl (C=O) groups is 1. The Balaban J connectivity index is 1.61. The van der Waals surface area contributed by atoms with Crippen molar-refractivity contribution in [2.45, 2.75) is 38.3 Å². The Bertz CT molecular complexity index is 689. The van der Waals surface area contributed by atoms with Crippen LogP contribution in [0.5, 0.6) is 0 Å². The van der Waals surface area contributed by atoms with Crippen LogP contribution in [-0.4, -0.2) is 77.2 Å². The lowest BCUT2D eigenvalue weighted by atomic mass is 9.94. The van der Waals surface area contributed by atoms with Gasteiger partial charge < -0.3 is 9.47 Å². The highest BCUT2D eigenvalue weighted by Gasteiger charge is 2.41. The number of hydrogen-bond acceptors (Lipinski definition) is 4. The van der Waals surface area contributed by atoms with Gasteiger partial charge in [0.2, 0.25) is 5.91 Å². The van der Waals surface area contributed by atoms with Crippen LogP contribution in [0.2, 0.25) is 0 Å². The Labute approximate surface area is 149 Å². The van der Waals surface area contributed by atoms with Crippen LogP contribution in [0.3, 0.4) is 0 Å². The fraction of sp³-hybridized carbons (Fsp3) is 0.750. The Morgan fingerprint density at radius 3 is 2.72 bits per heavy atom. The van der Waals surface area contributed by atoms with E-state index in [9.17, 15) is 13.2 Å². The molecule has 3 aliphatic heterocycles. The average molecular weight is 369 g/mol. The lowest BCUT2D eigenvalue weighted by Gasteiger charge is -2.36. The minimum Gasteiger partial charge on any atom is -0.338 e. The van der Waals surface area contributed by atoms with Gasteiger partial charge in [-0.2, -0.15) is 17.0 Å². The van der Waals surface area contributed by atoms with Gasteiger partial charge in [-0.25, -0.2) is 4.98 Å². The molecule has 2 bridgehead atoms. The standard InChI is InChI=1S/C16H27N5O3S/c1-18(2)25(23,24)20-10-14-5-6-15(12-20)21(11-14)16(22)4-3-8-19-9-7-17-13-19/h7,9,13-15H,3-6,8,10-12H2,1-2H3/t14-,15+/m1/s1. The topological polar surface area (TPSA) is 78.8 Å². The molecule has 4 heterocycles. The second kappa shape index (κ2) is 7.43. The molecule has 0 spiro atoms. The molecule has 3 saturated heterocycles. The second-order valence-corrected chi connectivity index (χ2v) is 9.30. The Hall–Kier alpha value is -1.45. The molecule has 1 aromatic heterocycles. The Morgan fingerprint density at radius 1 is 1.24 bits per heavy atom. The van der Waals surface area contributed by atoms with Gasteiger partial charge in [0.15, 0.2) is 0 Å². The molecule has 140 valence electrons. The molecule has 0 N–H and O–H groups in total. The van der Waals surface area contributed by atoms with E-state index >= 15 is 0 Å². The highest BCUT2D eigenvalue weighted by Crippen LogP contribution is 2.30. The smallest absolute Gasteiger partial charge is 0.281 e. The minimum atomic E-state index is -3.43. The summed E-state index contributed by atoms with van der Waals surface area (Å²) in [5, 5.41) is 0. The zero-order valence-electron chi connectivity index (χ0n) is 14.9. The molecular weight excluding hydrogens is 342 g/mol. The third kappa shape index (κ3) is 4.04. The molecule has 0 radical (unpaired) electrons. The summed E-state index contributed by atoms with van der Waals surface area (Å²) >= 11 is 0. The molecule has 1 amide bonds. The van der Waals surface area contributed by atoms with E-state index in [0.29, 0.717) is 26.1 Å². The van der Waals surface area contributed by atoms with Crippen LogP contribution in [0.4, 0.5) is 0 Å². The van der Waals surface area contributed by atoms with Gasteiger partial charge in [-0.1, -0.05) is 0 Å². The van der Waals surface area contributed by atoms with Gasteiger partial charge in [0.1, 0.15) is 0 Å². The number of amides is 1. The summed E-state index contributed by atoms with van der Waals surface area (Å²) in [6, 6.07) is -0.00535. The molecule has 2 atom stereocenters. The number of piperidine rings is 1. The molecule has 0 saturated carbocycles. The first-order chi connectivity index (χ1) is 11.9. The molecule has 9 heteroatoms. The van der Waals surface area contributed by atoms with E-state index in [2.05, 4.69) is 4.98 Å². The number of nitrogens with zero attached hydrogens (tertiary/aromatic N) is 5. The first-order valence-corrected chi connectivity index (χ1v) is 10.2. The third-order valence-corrected chi connectivity index (χ3v) is 7.03. The fourth-order valence-corrected chi connectivity index (χ4v) is 4.96. The SMILES string of the molecule is CN(C)S(=O)(=O)N1C[C@H]2CC[C@@H](C1)N(C(=O)CCCn1ccnc1)C2. The minimum absolute atomic E-state index is 0.00535. The summed E-state index contributed by atoms with van der Waals surface area (Å²) in [7, 11) is -0.313. The van der Waals surface area contributed by atoms with Gasteiger partial charge in [-0.05, 0) is 25.2 Å². The van der Waals surface area contributed by atoms with Crippen molar-refractivity contribution in [1.29, 1.82) is 0 Å². The van der Waals surface area contributed by atoms with E-state index in [1.807, 2.05) is 15.7 Å². The van der Waals surface area contributed by atoms with Crippen molar-refractivity contribution in [2.24, 2.45) is 5.92 Å². The van der Waals surface area contributed by atoms with Gasteiger partial charge in [0.05, 0.1) is 6.33 Å². The summed E-state index contributed by atoms with van der Waals surface area (Å²) < 4.78 is 29.7. The molecule has 8 nitrogen and oxygen atoms in total. The lowest BCUT2D eigenvalue weighted by molar-refractivity contribution is -0.135. The van der Waals surface area contributed by atoms with Crippen LogP contribution in [-0.2, 0) is 21.5 Å². The molecule has 3 fully saturated rings. The van der Waals surface area contributed by atoms with Gasteiger partial charge >= 0.3 is 0 Å². The van der Waals surface area contributed by atoms with Gasteiger partial charge in [0, 0.05) is 65.1 Å². The maximum absolute atomic E-state index is 12.7. The molecule has 0 aromatic carbocycles. The number of hydrogen-bond donors (Lipinski definition) is 0. The van der Waals surface area contributed by atoms with Crippen LogP contribution in [0, 0.1) is 5.92 Å². The number of carbonyl (C=O) groups excluding carboxylic acids is 1. The Morgan fingerprint density at radius 2 is 2.04 bits per heavy atom. The lowest BCUT2D eigenvalue weighted by Crippen LogP contribution is -2.48. The zero-order valence-corrected chi connectivity index (χ0v) is 15.7. The van der Waals surface area contributed by atoms with E-state index in [1.165, 1.54) is 4.31 Å². The number of imidazole rings is 1. The maximum atomic E-state index is 12.7. The van der Waals surface area contributed by atoms with Crippen molar-refractivity contribution >= 4 is 16.1 Å². The van der Waals surface area contributed by atoms with Crippen LogP contribution in [0.15, 0.2) is 18.7 Å². The van der Waals surface area contributed by atoms with Crippen molar-refractivity contribution in [1.82, 2.24) is 23.1 Å². The first kappa shape index (κ1) is 18.3. The van der Waals surface area contributed by atoms with Gasteiger partial charge in [-0.3, -0.25) is 4.79 Å². The normalized spacial score (nSPS) is 24.7. The highest BCUT2D eigenvalue weighted by molar-refractivity contribution is 7.86. The third-order valence-electron chi connectivity index (χ3n) is 5.15. The predicted octanol–water partition coefficient (Wildman–Crippen LogP) is 0.393. The van der Waals surface area contributed by atoms with Gasteiger partial charge in [0.25, 0.3) is 10.2 Å². The molecule has 0 unspecified atom stereocenters. The number of aryl methyl sites for hydroxylation is 1. The molecule has 25 heavy (non-hydrogen) atoms. The molecule has 3 aliphatic rings. The van der Waals surface area contributed by atoms with E-state index < -0.39 is 10.2 Å². The fourth-order valence-electron chi connectivity index (χ4n) is 3.74. The molecule has 4 rings (SSSR count). The number of rotatable bonds is 6. The van der Waals surface area contributed by atoms with E-state index in [1.54, 1.807) is 30.9 Å². The van der Waals surface area contributed by atoms with Crippen molar-refractivity contribution in [3.8, 4) is 0 Å². The molecular formula is C16H27N5O3S. The monoisotopic (exact) mass is 369 g/mol. The van der Waals surface area contributed by atoms with E-state index in [4.69, 9.17) is 0 Å². The summed E-state index contributed by atoms with van der Waals surface area (Å²) in [6.07, 6.45) is 8.50. The van der Waals surface area contributed by atoms with Crippen LogP contribution < -0.4 is 0 Å². The first-order valence-electron chi connectivity index (χ1n) is 8.80. The van der Waals surface area contributed by atoms with E-state index in [0.717, 1.165) is 25.8 Å². The van der Waals surface area contributed by atoms with Crippen molar-refractivity contribution in [3.05, 3.63) is 18.7 Å². The second-order valence-electron chi connectivity index (χ2n) is 7.15. The maximum Gasteiger partial charge on any atom is 0.281 e. The molecule has 0 aliphatic carbocycles. The highest BCUT2D eigenvalue weighted by atomic mass is 32.2. The quantitative estimate of drug-likeness (QED) is 0.727. The van der Waals surface area contributed by atoms with Crippen LogP contribution in [0.1, 0.15) is 25.7 Å². The summed E-state index contributed by atoms with van der Waals surface area (Å²) in [5.41, 5.74) is 0. The Kier molecular flexibility index (Phi) is 5.45. The summed E-state index contributed by atoms with van der Waals surface area (Å²) in [6.45, 7) is 2.36. The average Bonchev–Trinajstić information content (AvgIpc) is 2.90. The predicted molar refractivity (Wildman–Crippen MR) is 93.9 cm³/mol. The molecule has 1 aromatic rings. The largest absolute Gasteiger partial charge is 0.338 e. The van der Waals surface area contributed by atoms with Crippen molar-refractivity contribution in [2.75, 3.05) is 33.7 Å². The summed E-state index contributed by atoms with van der Waals surface area (Å²) in [5.74, 6) is 0.366. The number of aromatic nitrogens is 2. The summed E-state index contributed by atoms with van der Waals surface area (Å²) in [4.78, 5) is 18.6. The van der Waals surface area contributed by atoms with Crippen molar-refractivity contribution < 1.29 is 13.2 Å². The zero-order chi connectivity index (χ0) is 18.0. The van der Waals surface area contributed by atoms with E-state index in [-0.39, 0.29) is 17.9 Å². The number of fused-ring (bicyclic) bond motifs is 4.